The van der Waals surface area contributed by atoms with Gasteiger partial charge in [-0.2, -0.15) is 0 Å². The third-order valence-corrected chi connectivity index (χ3v) is 3.75. The first kappa shape index (κ1) is 17.0. The molecule has 2 aromatic rings. The van der Waals surface area contributed by atoms with E-state index >= 15 is 0 Å². The van der Waals surface area contributed by atoms with Gasteiger partial charge in [-0.3, -0.25) is 9.98 Å². The molecule has 114 valence electrons. The molecular formula is C18H22N2P2. The van der Waals surface area contributed by atoms with Gasteiger partial charge in [0.25, 0.3) is 0 Å². The maximum absolute atomic E-state index is 4.78. The summed E-state index contributed by atoms with van der Waals surface area (Å²) in [7, 11) is 5.38. The average Bonchev–Trinajstić information content (AvgIpc) is 2.59. The maximum atomic E-state index is 4.78. The van der Waals surface area contributed by atoms with Crippen LogP contribution in [0.1, 0.15) is 23.2 Å². The Morgan fingerprint density at radius 3 is 1.36 bits per heavy atom. The first-order valence-corrected chi connectivity index (χ1v) is 9.03. The lowest BCUT2D eigenvalue weighted by Gasteiger charge is -2.22. The molecule has 0 amide bonds. The predicted octanol–water partition coefficient (Wildman–Crippen LogP) is 4.36. The van der Waals surface area contributed by atoms with Crippen LogP contribution < -0.4 is 0 Å². The highest BCUT2D eigenvalue weighted by Gasteiger charge is 2.22. The Labute approximate surface area is 137 Å². The van der Waals surface area contributed by atoms with Crippen LogP contribution in [0.15, 0.2) is 70.6 Å². The van der Waals surface area contributed by atoms with Crippen molar-refractivity contribution in [2.24, 2.45) is 9.98 Å². The molecule has 0 aliphatic heterocycles. The summed E-state index contributed by atoms with van der Waals surface area (Å²) in [5, 5.41) is 0. The van der Waals surface area contributed by atoms with Crippen molar-refractivity contribution in [2.75, 3.05) is 12.3 Å². The summed E-state index contributed by atoms with van der Waals surface area (Å²) in [5.74, 6) is 0. The number of hydrogen-bond acceptors (Lipinski definition) is 2. The zero-order chi connectivity index (χ0) is 15.6. The summed E-state index contributed by atoms with van der Waals surface area (Å²) in [4.78, 5) is 9.55. The molecule has 0 aliphatic rings. The summed E-state index contributed by atoms with van der Waals surface area (Å²) < 4.78 is 0. The van der Waals surface area contributed by atoms with E-state index in [0.717, 1.165) is 12.3 Å². The van der Waals surface area contributed by atoms with Crippen molar-refractivity contribution in [3.05, 3.63) is 71.8 Å². The minimum Gasteiger partial charge on any atom is -0.286 e. The normalized spacial score (nSPS) is 14.5. The van der Waals surface area contributed by atoms with Crippen LogP contribution in [0.25, 0.3) is 0 Å². The second-order valence-electron chi connectivity index (χ2n) is 4.85. The van der Waals surface area contributed by atoms with Gasteiger partial charge >= 0.3 is 0 Å². The molecule has 4 heteroatoms. The molecule has 0 radical (unpaired) electrons. The molecule has 0 aliphatic carbocycles. The fraction of sp³-hybridized carbons (Fsp3) is 0.222. The lowest BCUT2D eigenvalue weighted by atomic mass is 9.94. The summed E-state index contributed by atoms with van der Waals surface area (Å²) in [6, 6.07) is 20.8. The third-order valence-electron chi connectivity index (χ3n) is 3.32. The zero-order valence-electron chi connectivity index (χ0n) is 12.5. The molecule has 0 fully saturated rings. The Morgan fingerprint density at radius 2 is 1.05 bits per heavy atom. The van der Waals surface area contributed by atoms with Crippen LogP contribution in [0.5, 0.6) is 0 Å². The Bertz CT molecular complexity index is 541. The highest BCUT2D eigenvalue weighted by molar-refractivity contribution is 7.18. The van der Waals surface area contributed by atoms with Crippen molar-refractivity contribution < 1.29 is 0 Å². The summed E-state index contributed by atoms with van der Waals surface area (Å²) in [6.45, 7) is 0. The number of nitrogens with zero attached hydrogens (tertiary/aromatic N) is 2. The molecule has 0 spiro atoms. The van der Waals surface area contributed by atoms with Gasteiger partial charge in [0.2, 0.25) is 0 Å². The SMILES string of the molecule is PC/C=N/[C@@H](c1ccccc1)[C@@H](/N=C/CP)c1ccccc1. The highest BCUT2D eigenvalue weighted by atomic mass is 31.0. The van der Waals surface area contributed by atoms with Crippen LogP contribution in [0.2, 0.25) is 0 Å². The molecule has 0 bridgehead atoms. The molecule has 2 unspecified atom stereocenters. The van der Waals surface area contributed by atoms with Gasteiger partial charge in [-0.15, -0.1) is 18.5 Å². The number of hydrogen-bond donors (Lipinski definition) is 0. The van der Waals surface area contributed by atoms with E-state index in [0.29, 0.717) is 0 Å². The van der Waals surface area contributed by atoms with Gasteiger partial charge in [-0.1, -0.05) is 60.7 Å². The molecule has 4 atom stereocenters. The van der Waals surface area contributed by atoms with Crippen molar-refractivity contribution in [1.29, 1.82) is 0 Å². The average molecular weight is 328 g/mol. The highest BCUT2D eigenvalue weighted by Crippen LogP contribution is 2.35. The fourth-order valence-corrected chi connectivity index (χ4v) is 2.59. The zero-order valence-corrected chi connectivity index (χ0v) is 14.9. The molecule has 0 aromatic heterocycles. The van der Waals surface area contributed by atoms with Crippen LogP contribution in [0.3, 0.4) is 0 Å². The van der Waals surface area contributed by atoms with Gasteiger partial charge in [0.1, 0.15) is 12.1 Å². The number of aliphatic imine (C=N–C) groups is 2. The van der Waals surface area contributed by atoms with Crippen molar-refractivity contribution in [3.63, 3.8) is 0 Å². The first-order valence-electron chi connectivity index (χ1n) is 7.40. The fourth-order valence-electron chi connectivity index (χ4n) is 2.35. The standard InChI is InChI=1S/C18H22N2P2/c21-13-11-19-17(15-7-3-1-4-8-15)18(20-12-14-22)16-9-5-2-6-10-16/h1-12,17-18H,13-14,21-22H2/b19-11+,20-12+/t17-,18-/m0/s1. The Balaban J connectivity index is 2.43. The van der Waals surface area contributed by atoms with Gasteiger partial charge in [0.15, 0.2) is 0 Å². The minimum absolute atomic E-state index is 0.00282. The quantitative estimate of drug-likeness (QED) is 0.533. The summed E-state index contributed by atoms with van der Waals surface area (Å²) >= 11 is 0. The molecule has 0 heterocycles. The van der Waals surface area contributed by atoms with Gasteiger partial charge in [-0.25, -0.2) is 0 Å². The molecule has 22 heavy (non-hydrogen) atoms. The Kier molecular flexibility index (Phi) is 7.43. The van der Waals surface area contributed by atoms with E-state index in [9.17, 15) is 0 Å². The van der Waals surface area contributed by atoms with Crippen molar-refractivity contribution in [1.82, 2.24) is 0 Å². The van der Waals surface area contributed by atoms with E-state index in [-0.39, 0.29) is 12.1 Å². The third kappa shape index (κ3) is 4.83. The minimum atomic E-state index is -0.00282. The topological polar surface area (TPSA) is 24.7 Å². The maximum Gasteiger partial charge on any atom is 0.101 e. The number of benzene rings is 2. The van der Waals surface area contributed by atoms with E-state index in [1.165, 1.54) is 11.1 Å². The van der Waals surface area contributed by atoms with E-state index in [2.05, 4.69) is 67.0 Å². The van der Waals surface area contributed by atoms with Crippen molar-refractivity contribution in [2.45, 2.75) is 12.1 Å². The lowest BCUT2D eigenvalue weighted by molar-refractivity contribution is 0.583. The molecule has 2 aromatic carbocycles. The second-order valence-corrected chi connectivity index (χ2v) is 5.79. The van der Waals surface area contributed by atoms with Crippen LogP contribution in [0, 0.1) is 0 Å². The van der Waals surface area contributed by atoms with Gasteiger partial charge in [0, 0.05) is 12.4 Å². The lowest BCUT2D eigenvalue weighted by Crippen LogP contribution is -2.09. The molecular weight excluding hydrogens is 306 g/mol. The van der Waals surface area contributed by atoms with Gasteiger partial charge in [-0.05, 0) is 23.5 Å². The van der Waals surface area contributed by atoms with E-state index in [1.807, 2.05) is 24.6 Å². The largest absolute Gasteiger partial charge is 0.286 e. The van der Waals surface area contributed by atoms with E-state index in [4.69, 9.17) is 9.98 Å². The van der Waals surface area contributed by atoms with Gasteiger partial charge < -0.3 is 0 Å². The van der Waals surface area contributed by atoms with Crippen molar-refractivity contribution in [3.8, 4) is 0 Å². The second kappa shape index (κ2) is 9.62. The van der Waals surface area contributed by atoms with Crippen LogP contribution >= 0.6 is 18.5 Å². The molecule has 2 nitrogen and oxygen atoms in total. The monoisotopic (exact) mass is 328 g/mol. The smallest absolute Gasteiger partial charge is 0.101 e. The Hall–Kier alpha value is -1.36. The van der Waals surface area contributed by atoms with Crippen molar-refractivity contribution >= 4 is 30.9 Å². The molecule has 0 saturated carbocycles. The molecule has 0 saturated heterocycles. The predicted molar refractivity (Wildman–Crippen MR) is 105 cm³/mol. The first-order chi connectivity index (χ1) is 10.9. The van der Waals surface area contributed by atoms with E-state index in [1.54, 1.807) is 0 Å². The molecule has 0 N–H and O–H groups in total. The van der Waals surface area contributed by atoms with Crippen LogP contribution in [-0.4, -0.2) is 24.8 Å². The summed E-state index contributed by atoms with van der Waals surface area (Å²) in [6.07, 6.45) is 5.60. The molecule has 2 rings (SSSR count). The van der Waals surface area contributed by atoms with Crippen LogP contribution in [0.4, 0.5) is 0 Å². The number of rotatable bonds is 7. The Morgan fingerprint density at radius 1 is 0.682 bits per heavy atom. The van der Waals surface area contributed by atoms with Crippen LogP contribution in [-0.2, 0) is 0 Å². The summed E-state index contributed by atoms with van der Waals surface area (Å²) in [5.41, 5.74) is 2.37. The van der Waals surface area contributed by atoms with Gasteiger partial charge in [0.05, 0.1) is 0 Å². The van der Waals surface area contributed by atoms with E-state index < -0.39 is 0 Å².